The first-order chi connectivity index (χ1) is 10.4. The summed E-state index contributed by atoms with van der Waals surface area (Å²) in [5, 5.41) is 12.0. The van der Waals surface area contributed by atoms with Crippen molar-refractivity contribution in [1.82, 2.24) is 20.1 Å². The van der Waals surface area contributed by atoms with Crippen molar-refractivity contribution in [2.24, 2.45) is 0 Å². The van der Waals surface area contributed by atoms with Crippen LogP contribution >= 0.6 is 0 Å². The van der Waals surface area contributed by atoms with Gasteiger partial charge in [0.2, 0.25) is 0 Å². The Hall–Kier alpha value is -2.46. The summed E-state index contributed by atoms with van der Waals surface area (Å²) in [6, 6.07) is 18.9. The number of aromatic nitrogens is 3. The zero-order valence-electron chi connectivity index (χ0n) is 11.6. The largest absolute Gasteiger partial charge is 0.303 e. The molecule has 21 heavy (non-hydrogen) atoms. The van der Waals surface area contributed by atoms with Gasteiger partial charge < -0.3 is 5.32 Å². The molecule has 2 aromatic carbocycles. The van der Waals surface area contributed by atoms with Gasteiger partial charge in [0.15, 0.2) is 5.82 Å². The highest BCUT2D eigenvalue weighted by molar-refractivity contribution is 5.39. The van der Waals surface area contributed by atoms with Crippen LogP contribution in [0.2, 0.25) is 0 Å². The highest BCUT2D eigenvalue weighted by atomic mass is 15.3. The van der Waals surface area contributed by atoms with Crippen LogP contribution in [0, 0.1) is 0 Å². The van der Waals surface area contributed by atoms with E-state index in [9.17, 15) is 0 Å². The number of benzene rings is 2. The van der Waals surface area contributed by atoms with Gasteiger partial charge in [-0.25, -0.2) is 0 Å². The molecule has 0 aliphatic carbocycles. The van der Waals surface area contributed by atoms with Crippen LogP contribution in [0.3, 0.4) is 0 Å². The Morgan fingerprint density at radius 3 is 2.71 bits per heavy atom. The number of hydrogen-bond acceptors (Lipinski definition) is 3. The molecule has 1 N–H and O–H groups in total. The maximum atomic E-state index is 4.37. The minimum absolute atomic E-state index is 0.0951. The zero-order chi connectivity index (χ0) is 14.1. The van der Waals surface area contributed by atoms with Crippen molar-refractivity contribution in [3.8, 4) is 5.69 Å². The molecule has 1 aromatic heterocycles. The van der Waals surface area contributed by atoms with Gasteiger partial charge in [-0.3, -0.25) is 4.57 Å². The second-order valence-electron chi connectivity index (χ2n) is 5.23. The van der Waals surface area contributed by atoms with Crippen LogP contribution in [0.5, 0.6) is 0 Å². The Balaban J connectivity index is 1.81. The van der Waals surface area contributed by atoms with Crippen molar-refractivity contribution < 1.29 is 0 Å². The Bertz CT molecular complexity index is 748. The number of para-hydroxylation sites is 1. The highest BCUT2D eigenvalue weighted by Crippen LogP contribution is 2.28. The van der Waals surface area contributed by atoms with Crippen molar-refractivity contribution in [2.75, 3.05) is 6.54 Å². The summed E-state index contributed by atoms with van der Waals surface area (Å²) in [4.78, 5) is 0. The zero-order valence-corrected chi connectivity index (χ0v) is 11.6. The molecule has 2 heterocycles. The summed E-state index contributed by atoms with van der Waals surface area (Å²) < 4.78 is 2.06. The van der Waals surface area contributed by atoms with Gasteiger partial charge in [-0.1, -0.05) is 42.5 Å². The van der Waals surface area contributed by atoms with Crippen LogP contribution in [0.4, 0.5) is 0 Å². The highest BCUT2D eigenvalue weighted by Gasteiger charge is 2.25. The fourth-order valence-electron chi connectivity index (χ4n) is 2.96. The molecule has 0 radical (unpaired) electrons. The Labute approximate surface area is 123 Å². The lowest BCUT2D eigenvalue weighted by molar-refractivity contribution is 0.536. The van der Waals surface area contributed by atoms with Crippen molar-refractivity contribution in [3.63, 3.8) is 0 Å². The van der Waals surface area contributed by atoms with Gasteiger partial charge in [0.1, 0.15) is 6.33 Å². The molecule has 4 heteroatoms. The minimum Gasteiger partial charge on any atom is -0.303 e. The molecule has 4 rings (SSSR count). The molecule has 1 aliphatic heterocycles. The molecule has 0 fully saturated rings. The maximum Gasteiger partial charge on any atom is 0.159 e. The second-order valence-corrected chi connectivity index (χ2v) is 5.23. The number of fused-ring (bicyclic) bond motifs is 1. The van der Waals surface area contributed by atoms with E-state index in [0.29, 0.717) is 0 Å². The molecule has 1 aliphatic rings. The third-order valence-corrected chi connectivity index (χ3v) is 3.98. The first kappa shape index (κ1) is 12.3. The molecule has 0 saturated carbocycles. The molecular weight excluding hydrogens is 260 g/mol. The SMILES string of the molecule is c1ccc(-n2cnnc2C2NCCc3ccccc32)cc1. The lowest BCUT2D eigenvalue weighted by Gasteiger charge is -2.26. The van der Waals surface area contributed by atoms with Crippen LogP contribution in [0.1, 0.15) is 23.0 Å². The van der Waals surface area contributed by atoms with E-state index in [0.717, 1.165) is 24.5 Å². The Morgan fingerprint density at radius 1 is 1.00 bits per heavy atom. The number of hydrogen-bond donors (Lipinski definition) is 1. The van der Waals surface area contributed by atoms with E-state index in [-0.39, 0.29) is 6.04 Å². The lowest BCUT2D eigenvalue weighted by atomic mass is 9.94. The summed E-state index contributed by atoms with van der Waals surface area (Å²) in [6.07, 6.45) is 2.84. The minimum atomic E-state index is 0.0951. The molecule has 3 aromatic rings. The van der Waals surface area contributed by atoms with Crippen molar-refractivity contribution in [3.05, 3.63) is 77.9 Å². The third-order valence-electron chi connectivity index (χ3n) is 3.98. The van der Waals surface area contributed by atoms with Crippen LogP contribution < -0.4 is 5.32 Å². The van der Waals surface area contributed by atoms with Crippen LogP contribution in [-0.4, -0.2) is 21.3 Å². The first-order valence-corrected chi connectivity index (χ1v) is 7.20. The molecule has 0 saturated heterocycles. The number of nitrogens with one attached hydrogen (secondary N) is 1. The van der Waals surface area contributed by atoms with Gasteiger partial charge in [-0.05, 0) is 29.7 Å². The van der Waals surface area contributed by atoms with E-state index in [1.807, 2.05) is 18.2 Å². The van der Waals surface area contributed by atoms with Gasteiger partial charge in [0.25, 0.3) is 0 Å². The van der Waals surface area contributed by atoms with Crippen LogP contribution in [0.15, 0.2) is 60.9 Å². The van der Waals surface area contributed by atoms with E-state index >= 15 is 0 Å². The Morgan fingerprint density at radius 2 is 1.81 bits per heavy atom. The van der Waals surface area contributed by atoms with Gasteiger partial charge in [-0.15, -0.1) is 10.2 Å². The predicted octanol–water partition coefficient (Wildman–Crippen LogP) is 2.50. The average Bonchev–Trinajstić information content (AvgIpc) is 3.04. The molecule has 104 valence electrons. The summed E-state index contributed by atoms with van der Waals surface area (Å²) in [6.45, 7) is 0.962. The predicted molar refractivity (Wildman–Crippen MR) is 81.4 cm³/mol. The van der Waals surface area contributed by atoms with Gasteiger partial charge in [0, 0.05) is 12.2 Å². The van der Waals surface area contributed by atoms with E-state index in [1.165, 1.54) is 11.1 Å². The van der Waals surface area contributed by atoms with Crippen molar-refractivity contribution in [1.29, 1.82) is 0 Å². The monoisotopic (exact) mass is 276 g/mol. The molecule has 0 bridgehead atoms. The fraction of sp³-hybridized carbons (Fsp3) is 0.176. The molecule has 1 unspecified atom stereocenters. The fourth-order valence-corrected chi connectivity index (χ4v) is 2.96. The standard InChI is InChI=1S/C17H16N4/c1-2-7-14(8-3-1)21-12-19-20-17(21)16-15-9-5-4-6-13(15)10-11-18-16/h1-9,12,16,18H,10-11H2. The van der Waals surface area contributed by atoms with E-state index < -0.39 is 0 Å². The van der Waals surface area contributed by atoms with Gasteiger partial charge in [-0.2, -0.15) is 0 Å². The van der Waals surface area contributed by atoms with Gasteiger partial charge >= 0.3 is 0 Å². The average molecular weight is 276 g/mol. The number of rotatable bonds is 2. The van der Waals surface area contributed by atoms with Crippen LogP contribution in [-0.2, 0) is 6.42 Å². The summed E-state index contributed by atoms with van der Waals surface area (Å²) >= 11 is 0. The van der Waals surface area contributed by atoms with Crippen molar-refractivity contribution in [2.45, 2.75) is 12.5 Å². The van der Waals surface area contributed by atoms with E-state index in [1.54, 1.807) is 6.33 Å². The summed E-state index contributed by atoms with van der Waals surface area (Å²) in [5.41, 5.74) is 3.78. The topological polar surface area (TPSA) is 42.7 Å². The Kier molecular flexibility index (Phi) is 3.01. The quantitative estimate of drug-likeness (QED) is 0.782. The van der Waals surface area contributed by atoms with Crippen LogP contribution in [0.25, 0.3) is 5.69 Å². The summed E-state index contributed by atoms with van der Waals surface area (Å²) in [5.74, 6) is 0.938. The molecule has 4 nitrogen and oxygen atoms in total. The molecule has 1 atom stereocenters. The smallest absolute Gasteiger partial charge is 0.159 e. The third kappa shape index (κ3) is 2.14. The second kappa shape index (κ2) is 5.14. The normalized spacial score (nSPS) is 17.4. The summed E-state index contributed by atoms with van der Waals surface area (Å²) in [7, 11) is 0. The molecular formula is C17H16N4. The van der Waals surface area contributed by atoms with Crippen molar-refractivity contribution >= 4 is 0 Å². The first-order valence-electron chi connectivity index (χ1n) is 7.20. The number of nitrogens with zero attached hydrogens (tertiary/aromatic N) is 3. The van der Waals surface area contributed by atoms with Gasteiger partial charge in [0.05, 0.1) is 6.04 Å². The molecule has 0 amide bonds. The van der Waals surface area contributed by atoms with E-state index in [4.69, 9.17) is 0 Å². The maximum absolute atomic E-state index is 4.37. The van der Waals surface area contributed by atoms with E-state index in [2.05, 4.69) is 56.5 Å². The molecule has 0 spiro atoms. The lowest BCUT2D eigenvalue weighted by Crippen LogP contribution is -2.32.